The number of hydrogen-bond acceptors (Lipinski definition) is 6. The lowest BCUT2D eigenvalue weighted by atomic mass is 10.1. The number of benzene rings is 2. The minimum atomic E-state index is -0.620. The van der Waals surface area contributed by atoms with Crippen molar-refractivity contribution >= 4 is 77.6 Å². The Morgan fingerprint density at radius 1 is 1.03 bits per heavy atom. The summed E-state index contributed by atoms with van der Waals surface area (Å²) in [6, 6.07) is 11.6. The van der Waals surface area contributed by atoms with Crippen LogP contribution < -0.4 is 5.43 Å². The molecule has 30 heavy (non-hydrogen) atoms. The Balaban J connectivity index is 1.60. The van der Waals surface area contributed by atoms with Gasteiger partial charge in [0.05, 0.1) is 22.4 Å². The summed E-state index contributed by atoms with van der Waals surface area (Å²) in [6.07, 6.45) is 2.57. The lowest BCUT2D eigenvalue weighted by Crippen LogP contribution is -2.33. The number of ketones is 1. The van der Waals surface area contributed by atoms with Crippen LogP contribution in [0.4, 0.5) is 4.79 Å². The molecule has 0 atom stereocenters. The molecule has 0 bridgehead atoms. The summed E-state index contributed by atoms with van der Waals surface area (Å²) in [6.45, 7) is -0.371. The van der Waals surface area contributed by atoms with Crippen LogP contribution in [0, 0.1) is 0 Å². The maximum atomic E-state index is 12.7. The second-order valence-corrected chi connectivity index (χ2v) is 9.18. The van der Waals surface area contributed by atoms with E-state index in [0.29, 0.717) is 28.3 Å². The van der Waals surface area contributed by atoms with Crippen LogP contribution in [0.2, 0.25) is 0 Å². The van der Waals surface area contributed by atoms with Gasteiger partial charge in [-0.2, -0.15) is 0 Å². The van der Waals surface area contributed by atoms with E-state index in [1.54, 1.807) is 42.5 Å². The quantitative estimate of drug-likeness (QED) is 0.327. The Morgan fingerprint density at radius 2 is 1.73 bits per heavy atom. The zero-order valence-electron chi connectivity index (χ0n) is 15.1. The van der Waals surface area contributed by atoms with E-state index in [-0.39, 0.29) is 28.2 Å². The molecule has 0 unspecified atom stereocenters. The van der Waals surface area contributed by atoms with Crippen molar-refractivity contribution in [1.29, 1.82) is 0 Å². The van der Waals surface area contributed by atoms with Gasteiger partial charge in [-0.15, -0.1) is 0 Å². The van der Waals surface area contributed by atoms with Gasteiger partial charge in [0, 0.05) is 14.5 Å². The molecule has 1 aliphatic rings. The normalized spacial score (nSPS) is 15.4. The summed E-state index contributed by atoms with van der Waals surface area (Å²) in [5.41, 5.74) is 0.623. The molecule has 1 aromatic heterocycles. The first-order chi connectivity index (χ1) is 14.3. The minimum absolute atomic E-state index is 0.0624. The first-order valence-corrected chi connectivity index (χ1v) is 11.0. The molecule has 0 radical (unpaired) electrons. The molecule has 0 N–H and O–H groups in total. The monoisotopic (exact) mass is 547 g/mol. The van der Waals surface area contributed by atoms with E-state index >= 15 is 0 Å². The summed E-state index contributed by atoms with van der Waals surface area (Å²) in [5.74, 6) is -0.979. The number of nitrogens with zero attached hydrogens (tertiary/aromatic N) is 1. The van der Waals surface area contributed by atoms with Crippen LogP contribution in [0.25, 0.3) is 17.0 Å². The maximum absolute atomic E-state index is 12.7. The fourth-order valence-corrected chi connectivity index (χ4v) is 4.30. The number of carbonyl (C=O) groups excluding carboxylic acids is 3. The van der Waals surface area contributed by atoms with Crippen molar-refractivity contribution in [2.24, 2.45) is 0 Å². The number of imide groups is 1. The average molecular weight is 549 g/mol. The third kappa shape index (κ3) is 4.05. The zero-order valence-corrected chi connectivity index (χ0v) is 19.0. The van der Waals surface area contributed by atoms with Gasteiger partial charge >= 0.3 is 0 Å². The van der Waals surface area contributed by atoms with E-state index in [1.807, 2.05) is 0 Å². The molecule has 0 aliphatic carbocycles. The van der Waals surface area contributed by atoms with E-state index in [9.17, 15) is 19.2 Å². The summed E-state index contributed by atoms with van der Waals surface area (Å²) in [5, 5.41) is -0.206. The van der Waals surface area contributed by atoms with E-state index < -0.39 is 11.1 Å². The van der Waals surface area contributed by atoms with Crippen LogP contribution in [0.15, 0.2) is 71.8 Å². The Labute approximate surface area is 191 Å². The van der Waals surface area contributed by atoms with Gasteiger partial charge in [-0.1, -0.05) is 44.0 Å². The number of Topliss-reactive ketones (excluding diaryl/α,β-unsaturated/α-hetero) is 1. The molecule has 1 saturated heterocycles. The largest absolute Gasteiger partial charge is 0.463 e. The van der Waals surface area contributed by atoms with Crippen LogP contribution in [-0.2, 0) is 4.79 Å². The van der Waals surface area contributed by atoms with Crippen molar-refractivity contribution in [3.05, 3.63) is 83.9 Å². The van der Waals surface area contributed by atoms with Gasteiger partial charge in [0.25, 0.3) is 11.1 Å². The molecule has 4 rings (SSSR count). The molecular weight excluding hydrogens is 538 g/mol. The molecule has 150 valence electrons. The first kappa shape index (κ1) is 20.8. The third-order valence-corrected chi connectivity index (χ3v) is 6.32. The molecule has 3 aromatic rings. The van der Waals surface area contributed by atoms with Crippen molar-refractivity contribution < 1.29 is 18.8 Å². The number of hydrogen-bond donors (Lipinski definition) is 0. The lowest BCUT2D eigenvalue weighted by Gasteiger charge is -2.11. The minimum Gasteiger partial charge on any atom is -0.463 e. The fourth-order valence-electron chi connectivity index (χ4n) is 2.87. The Kier molecular flexibility index (Phi) is 5.77. The molecule has 1 fully saturated rings. The molecule has 2 aromatic carbocycles. The Morgan fingerprint density at radius 3 is 2.47 bits per heavy atom. The van der Waals surface area contributed by atoms with E-state index in [4.69, 9.17) is 4.42 Å². The first-order valence-electron chi connectivity index (χ1n) is 8.58. The van der Waals surface area contributed by atoms with Crippen molar-refractivity contribution in [2.45, 2.75) is 0 Å². The van der Waals surface area contributed by atoms with Gasteiger partial charge in [-0.05, 0) is 48.2 Å². The molecule has 2 heterocycles. The molecule has 0 saturated carbocycles. The van der Waals surface area contributed by atoms with Crippen LogP contribution in [0.3, 0.4) is 0 Å². The van der Waals surface area contributed by atoms with E-state index in [1.165, 1.54) is 12.3 Å². The SMILES string of the molecule is O=C(CN1C(=O)S/C(=C\c2coc3cc(Br)ccc3c2=O)C1=O)c1ccc(Br)cc1. The van der Waals surface area contributed by atoms with Gasteiger partial charge in [0.15, 0.2) is 11.2 Å². The summed E-state index contributed by atoms with van der Waals surface area (Å²) in [4.78, 5) is 51.0. The summed E-state index contributed by atoms with van der Waals surface area (Å²) >= 11 is 7.29. The van der Waals surface area contributed by atoms with E-state index in [2.05, 4.69) is 31.9 Å². The van der Waals surface area contributed by atoms with Crippen molar-refractivity contribution in [3.8, 4) is 0 Å². The predicted molar refractivity (Wildman–Crippen MR) is 121 cm³/mol. The number of amides is 2. The Hall–Kier alpha value is -2.49. The van der Waals surface area contributed by atoms with Gasteiger partial charge in [-0.25, -0.2) is 0 Å². The van der Waals surface area contributed by atoms with Crippen LogP contribution in [0.1, 0.15) is 15.9 Å². The topological polar surface area (TPSA) is 84.7 Å². The second-order valence-electron chi connectivity index (χ2n) is 6.36. The number of carbonyl (C=O) groups is 3. The second kappa shape index (κ2) is 8.33. The van der Waals surface area contributed by atoms with Crippen molar-refractivity contribution in [2.75, 3.05) is 6.54 Å². The predicted octanol–water partition coefficient (Wildman–Crippen LogP) is 5.24. The van der Waals surface area contributed by atoms with Crippen LogP contribution in [-0.4, -0.2) is 28.4 Å². The van der Waals surface area contributed by atoms with Crippen molar-refractivity contribution in [3.63, 3.8) is 0 Å². The number of rotatable bonds is 4. The molecule has 1 aliphatic heterocycles. The number of halogens is 2. The number of thioether (sulfide) groups is 1. The summed E-state index contributed by atoms with van der Waals surface area (Å²) in [7, 11) is 0. The molecule has 0 spiro atoms. The highest BCUT2D eigenvalue weighted by Gasteiger charge is 2.36. The molecule has 2 amide bonds. The van der Waals surface area contributed by atoms with Crippen molar-refractivity contribution in [1.82, 2.24) is 4.90 Å². The van der Waals surface area contributed by atoms with E-state index in [0.717, 1.165) is 13.8 Å². The fraction of sp³-hybridized carbons (Fsp3) is 0.0476. The van der Waals surface area contributed by atoms with Gasteiger partial charge < -0.3 is 4.42 Å². The molecule has 6 nitrogen and oxygen atoms in total. The highest BCUT2D eigenvalue weighted by Crippen LogP contribution is 2.32. The average Bonchev–Trinajstić information content (AvgIpc) is 2.98. The summed E-state index contributed by atoms with van der Waals surface area (Å²) < 4.78 is 7.06. The zero-order chi connectivity index (χ0) is 21.4. The Bertz CT molecular complexity index is 1300. The lowest BCUT2D eigenvalue weighted by molar-refractivity contribution is -0.122. The van der Waals surface area contributed by atoms with Crippen LogP contribution >= 0.6 is 43.6 Å². The molecular formula is C21H11Br2NO5S. The smallest absolute Gasteiger partial charge is 0.293 e. The van der Waals surface area contributed by atoms with Gasteiger partial charge in [0.1, 0.15) is 11.8 Å². The molecule has 9 heteroatoms. The highest BCUT2D eigenvalue weighted by molar-refractivity contribution is 9.10. The maximum Gasteiger partial charge on any atom is 0.293 e. The number of fused-ring (bicyclic) bond motifs is 1. The van der Waals surface area contributed by atoms with Gasteiger partial charge in [-0.3, -0.25) is 24.1 Å². The van der Waals surface area contributed by atoms with Gasteiger partial charge in [0.2, 0.25) is 0 Å². The van der Waals surface area contributed by atoms with Crippen LogP contribution in [0.5, 0.6) is 0 Å². The standard InChI is InChI=1S/C21H11Br2NO5S/c22-13-3-1-11(2-4-13)16(25)9-24-20(27)18(30-21(24)28)7-12-10-29-17-8-14(23)5-6-15(17)19(12)26/h1-8,10H,9H2/b18-7-. The highest BCUT2D eigenvalue weighted by atomic mass is 79.9. The third-order valence-electron chi connectivity index (χ3n) is 4.39.